The molecule has 6 rings (SSSR count). The second kappa shape index (κ2) is 11.2. The van der Waals surface area contributed by atoms with Gasteiger partial charge in [0.15, 0.2) is 6.23 Å². The second-order valence-corrected chi connectivity index (χ2v) is 11.9. The number of hydrogen-bond acceptors (Lipinski definition) is 8. The molecule has 0 saturated heterocycles. The summed E-state index contributed by atoms with van der Waals surface area (Å²) in [5.41, 5.74) is 11.4. The number of hydrogen-bond donors (Lipinski definition) is 3. The molecule has 11 nitrogen and oxygen atoms in total. The summed E-state index contributed by atoms with van der Waals surface area (Å²) in [6.45, 7) is 0.752. The summed E-state index contributed by atoms with van der Waals surface area (Å²) in [7, 11) is 4.06. The molecule has 0 radical (unpaired) electrons. The molecule has 1 aromatic carbocycles. The summed E-state index contributed by atoms with van der Waals surface area (Å²) in [5.74, 6) is -0.235. The van der Waals surface area contributed by atoms with Crippen molar-refractivity contribution >= 4 is 29.5 Å². The number of aldehydes is 1. The van der Waals surface area contributed by atoms with E-state index in [0.29, 0.717) is 35.3 Å². The normalized spacial score (nSPS) is 21.9. The lowest BCUT2D eigenvalue weighted by atomic mass is 9.80. The first-order valence-corrected chi connectivity index (χ1v) is 14.6. The van der Waals surface area contributed by atoms with Crippen molar-refractivity contribution in [3.63, 3.8) is 0 Å². The first kappa shape index (κ1) is 27.9. The summed E-state index contributed by atoms with van der Waals surface area (Å²) < 4.78 is 2.13. The number of nitrogens with zero attached hydrogens (tertiary/aromatic N) is 5. The molecule has 2 amide bonds. The summed E-state index contributed by atoms with van der Waals surface area (Å²) in [6, 6.07) is 8.65. The molecule has 2 atom stereocenters. The van der Waals surface area contributed by atoms with Crippen LogP contribution in [0.3, 0.4) is 0 Å². The van der Waals surface area contributed by atoms with Crippen LogP contribution in [-0.2, 0) is 9.59 Å². The zero-order valence-electron chi connectivity index (χ0n) is 23.9. The van der Waals surface area contributed by atoms with E-state index in [0.717, 1.165) is 52.6 Å². The number of benzene rings is 1. The van der Waals surface area contributed by atoms with Crippen molar-refractivity contribution in [1.82, 2.24) is 19.7 Å². The highest BCUT2D eigenvalue weighted by molar-refractivity contribution is 6.02. The highest BCUT2D eigenvalue weighted by Gasteiger charge is 2.42. The first-order chi connectivity index (χ1) is 20.2. The van der Waals surface area contributed by atoms with Gasteiger partial charge in [-0.1, -0.05) is 0 Å². The fourth-order valence-corrected chi connectivity index (χ4v) is 6.08. The van der Waals surface area contributed by atoms with Crippen molar-refractivity contribution in [3.05, 3.63) is 59.5 Å². The smallest absolute Gasteiger partial charge is 0.257 e. The molecular weight excluding hydrogens is 534 g/mol. The van der Waals surface area contributed by atoms with E-state index >= 15 is 0 Å². The maximum Gasteiger partial charge on any atom is 0.257 e. The molecule has 3 aromatic rings. The summed E-state index contributed by atoms with van der Waals surface area (Å²) in [5, 5.41) is 19.4. The number of nitrogens with two attached hydrogens (primary N) is 1. The highest BCUT2D eigenvalue weighted by atomic mass is 16.3. The number of fused-ring (bicyclic) bond motifs is 1. The Hall–Kier alpha value is -4.25. The van der Waals surface area contributed by atoms with Crippen LogP contribution in [-0.4, -0.2) is 69.6 Å². The summed E-state index contributed by atoms with van der Waals surface area (Å²) in [6.07, 6.45) is 7.89. The van der Waals surface area contributed by atoms with Gasteiger partial charge in [-0.15, -0.1) is 0 Å². The average Bonchev–Trinajstić information content (AvgIpc) is 3.66. The number of anilines is 2. The Labute approximate surface area is 244 Å². The Morgan fingerprint density at radius 2 is 2.00 bits per heavy atom. The van der Waals surface area contributed by atoms with Crippen LogP contribution in [0.15, 0.2) is 42.7 Å². The van der Waals surface area contributed by atoms with Crippen molar-refractivity contribution < 1.29 is 19.5 Å². The maximum atomic E-state index is 13.0. The monoisotopic (exact) mass is 571 g/mol. The molecule has 42 heavy (non-hydrogen) atoms. The van der Waals surface area contributed by atoms with Gasteiger partial charge in [0.2, 0.25) is 5.91 Å². The molecule has 2 unspecified atom stereocenters. The third-order valence-corrected chi connectivity index (χ3v) is 8.72. The first-order valence-electron chi connectivity index (χ1n) is 14.6. The molecule has 2 fully saturated rings. The molecule has 2 aromatic heterocycles. The third kappa shape index (κ3) is 5.24. The number of amides is 2. The van der Waals surface area contributed by atoms with Gasteiger partial charge in [-0.2, -0.15) is 5.10 Å². The molecule has 1 aliphatic heterocycles. The van der Waals surface area contributed by atoms with Gasteiger partial charge in [0, 0.05) is 73.4 Å². The number of carbonyl (C=O) groups is 3. The van der Waals surface area contributed by atoms with E-state index in [4.69, 9.17) is 10.8 Å². The quantitative estimate of drug-likeness (QED) is 0.281. The Kier molecular flexibility index (Phi) is 7.44. The van der Waals surface area contributed by atoms with Crippen LogP contribution in [0.5, 0.6) is 0 Å². The lowest BCUT2D eigenvalue weighted by Crippen LogP contribution is -2.46. The van der Waals surface area contributed by atoms with E-state index < -0.39 is 24.1 Å². The minimum atomic E-state index is -1.30. The molecule has 11 heteroatoms. The molecule has 0 bridgehead atoms. The van der Waals surface area contributed by atoms with Gasteiger partial charge >= 0.3 is 0 Å². The van der Waals surface area contributed by atoms with Gasteiger partial charge in [0.1, 0.15) is 12.3 Å². The third-order valence-electron chi connectivity index (χ3n) is 8.72. The topological polar surface area (TPSA) is 147 Å². The SMILES string of the molecule is CN(C)c1ccnc(-c2cn(C3CC(CNc4ccc5c(c4)C(O)N(C(CCC=O)C(N)=O)C5=O)C3)nc2C2CC2)c1. The van der Waals surface area contributed by atoms with Crippen LogP contribution in [0.2, 0.25) is 0 Å². The number of rotatable bonds is 12. The van der Waals surface area contributed by atoms with Gasteiger partial charge < -0.3 is 25.9 Å². The Balaban J connectivity index is 1.09. The fraction of sp³-hybridized carbons (Fsp3) is 0.452. The molecular formula is C31H37N7O4. The predicted molar refractivity (Wildman–Crippen MR) is 158 cm³/mol. The molecule has 2 aliphatic carbocycles. The van der Waals surface area contributed by atoms with Crippen LogP contribution >= 0.6 is 0 Å². The van der Waals surface area contributed by atoms with Crippen molar-refractivity contribution in [1.29, 1.82) is 0 Å². The van der Waals surface area contributed by atoms with Crippen molar-refractivity contribution in [2.24, 2.45) is 11.7 Å². The number of primary amides is 1. The summed E-state index contributed by atoms with van der Waals surface area (Å²) >= 11 is 0. The van der Waals surface area contributed by atoms with E-state index in [1.165, 1.54) is 12.8 Å². The number of carbonyl (C=O) groups excluding carboxylic acids is 3. The van der Waals surface area contributed by atoms with E-state index in [2.05, 4.69) is 32.1 Å². The van der Waals surface area contributed by atoms with Crippen LogP contribution in [0, 0.1) is 5.92 Å². The van der Waals surface area contributed by atoms with E-state index in [1.807, 2.05) is 32.4 Å². The molecule has 220 valence electrons. The van der Waals surface area contributed by atoms with Gasteiger partial charge in [0.05, 0.1) is 17.4 Å². The molecule has 3 heterocycles. The predicted octanol–water partition coefficient (Wildman–Crippen LogP) is 3.23. The van der Waals surface area contributed by atoms with E-state index in [9.17, 15) is 19.5 Å². The number of nitrogens with one attached hydrogen (secondary N) is 1. The van der Waals surface area contributed by atoms with Crippen molar-refractivity contribution in [3.8, 4) is 11.3 Å². The van der Waals surface area contributed by atoms with Gasteiger partial charge in [0.25, 0.3) is 5.91 Å². The lowest BCUT2D eigenvalue weighted by molar-refractivity contribution is -0.126. The van der Waals surface area contributed by atoms with Gasteiger partial charge in [-0.25, -0.2) is 0 Å². The van der Waals surface area contributed by atoms with Crippen molar-refractivity contribution in [2.45, 2.75) is 62.8 Å². The van der Waals surface area contributed by atoms with Crippen LogP contribution in [0.25, 0.3) is 11.3 Å². The Morgan fingerprint density at radius 3 is 2.69 bits per heavy atom. The molecule has 2 saturated carbocycles. The minimum absolute atomic E-state index is 0.0674. The summed E-state index contributed by atoms with van der Waals surface area (Å²) in [4.78, 5) is 43.6. The number of aliphatic hydroxyl groups excluding tert-OH is 1. The zero-order valence-corrected chi connectivity index (χ0v) is 23.9. The van der Waals surface area contributed by atoms with E-state index in [1.54, 1.807) is 12.1 Å². The van der Waals surface area contributed by atoms with Crippen LogP contribution in [0.1, 0.15) is 78.3 Å². The largest absolute Gasteiger partial charge is 0.385 e. The molecule has 4 N–H and O–H groups in total. The highest BCUT2D eigenvalue weighted by Crippen LogP contribution is 2.46. The average molecular weight is 572 g/mol. The molecule has 3 aliphatic rings. The van der Waals surface area contributed by atoms with Crippen LogP contribution < -0.4 is 16.0 Å². The second-order valence-electron chi connectivity index (χ2n) is 11.9. The lowest BCUT2D eigenvalue weighted by Gasteiger charge is -2.35. The maximum absolute atomic E-state index is 13.0. The minimum Gasteiger partial charge on any atom is -0.385 e. The van der Waals surface area contributed by atoms with Gasteiger partial charge in [-0.05, 0) is 68.4 Å². The van der Waals surface area contributed by atoms with E-state index in [-0.39, 0.29) is 12.8 Å². The van der Waals surface area contributed by atoms with Crippen molar-refractivity contribution in [2.75, 3.05) is 30.9 Å². The molecule has 0 spiro atoms. The number of pyridine rings is 1. The number of aromatic nitrogens is 3. The Bertz CT molecular complexity index is 1510. The van der Waals surface area contributed by atoms with Gasteiger partial charge in [-0.3, -0.25) is 24.2 Å². The zero-order chi connectivity index (χ0) is 29.5. The number of aliphatic hydroxyl groups is 1. The van der Waals surface area contributed by atoms with Crippen LogP contribution in [0.4, 0.5) is 11.4 Å². The fourth-order valence-electron chi connectivity index (χ4n) is 6.08. The Morgan fingerprint density at radius 1 is 1.21 bits per heavy atom. The standard InChI is InChI=1S/C31H37N7O4/c1-36(2)21-9-10-33-26(15-21)25-17-37(35-28(25)19-5-6-19)22-12-18(13-22)16-34-20-7-8-23-24(14-20)31(42)38(30(23)41)27(29(32)40)4-3-11-39/h7-11,14-15,17-19,22,27,31,34,42H,3-6,12-13,16H2,1-2H3,(H2,32,40).